The first-order chi connectivity index (χ1) is 13.8. The van der Waals surface area contributed by atoms with Gasteiger partial charge in [0.1, 0.15) is 0 Å². The van der Waals surface area contributed by atoms with Crippen LogP contribution < -0.4 is 0 Å². The zero-order valence-corrected chi connectivity index (χ0v) is 17.1. The molecule has 1 saturated heterocycles. The Labute approximate surface area is 171 Å². The van der Waals surface area contributed by atoms with Crippen molar-refractivity contribution in [3.05, 3.63) is 77.8 Å². The number of morpholine rings is 1. The van der Waals surface area contributed by atoms with Crippen LogP contribution in [0.4, 0.5) is 0 Å². The van der Waals surface area contributed by atoms with Crippen molar-refractivity contribution in [2.45, 2.75) is 18.8 Å². The first kappa shape index (κ1) is 19.3. The molecule has 4 heteroatoms. The number of thiazole rings is 1. The number of nitrogens with zero attached hydrogens (tertiary/aromatic N) is 2. The fraction of sp³-hybridized carbons (Fsp3) is 0.375. The largest absolute Gasteiger partial charge is 0.379 e. The molecular weight excluding hydrogens is 364 g/mol. The molecule has 1 aliphatic rings. The predicted molar refractivity (Wildman–Crippen MR) is 118 cm³/mol. The van der Waals surface area contributed by atoms with Gasteiger partial charge in [-0.25, -0.2) is 4.98 Å². The van der Waals surface area contributed by atoms with Crippen molar-refractivity contribution in [3.8, 4) is 0 Å². The van der Waals surface area contributed by atoms with E-state index in [0.29, 0.717) is 11.8 Å². The van der Waals surface area contributed by atoms with Crippen LogP contribution >= 0.6 is 11.3 Å². The quantitative estimate of drug-likeness (QED) is 0.496. The highest BCUT2D eigenvalue weighted by atomic mass is 32.1. The third kappa shape index (κ3) is 4.69. The van der Waals surface area contributed by atoms with Gasteiger partial charge in [0.05, 0.1) is 28.4 Å². The third-order valence-electron chi connectivity index (χ3n) is 5.61. The maximum absolute atomic E-state index is 5.55. The zero-order valence-electron chi connectivity index (χ0n) is 16.3. The van der Waals surface area contributed by atoms with Crippen LogP contribution in [0.3, 0.4) is 0 Å². The Morgan fingerprint density at radius 1 is 1.07 bits per heavy atom. The summed E-state index contributed by atoms with van der Waals surface area (Å²) >= 11 is 1.84. The van der Waals surface area contributed by atoms with E-state index in [-0.39, 0.29) is 0 Å². The minimum atomic E-state index is 0.372. The van der Waals surface area contributed by atoms with Crippen LogP contribution in [-0.4, -0.2) is 42.7 Å². The van der Waals surface area contributed by atoms with Gasteiger partial charge in [0.2, 0.25) is 0 Å². The molecule has 3 nitrogen and oxygen atoms in total. The summed E-state index contributed by atoms with van der Waals surface area (Å²) in [6, 6.07) is 19.2. The highest BCUT2D eigenvalue weighted by Crippen LogP contribution is 2.35. The molecule has 0 radical (unpaired) electrons. The van der Waals surface area contributed by atoms with Crippen molar-refractivity contribution < 1.29 is 4.74 Å². The van der Waals surface area contributed by atoms with Gasteiger partial charge >= 0.3 is 0 Å². The van der Waals surface area contributed by atoms with Crippen LogP contribution in [0, 0.1) is 5.92 Å². The minimum absolute atomic E-state index is 0.372. The molecule has 0 amide bonds. The summed E-state index contributed by atoms with van der Waals surface area (Å²) in [5.74, 6) is 0.778. The molecule has 0 bridgehead atoms. The maximum atomic E-state index is 5.55. The number of hydrogen-bond acceptors (Lipinski definition) is 4. The number of benzene rings is 2. The standard InChI is InChI=1S/C24H28N2OS/c1-2-20(13-12-19-8-4-3-5-9-19)21(18-26-14-16-27-17-15-26)24-25-22-10-6-7-11-23(22)28-24/h2-11,20-21H,1,12-18H2/t20-,21+/m1/s1. The molecule has 2 heterocycles. The van der Waals surface area contributed by atoms with E-state index in [1.165, 1.54) is 15.3 Å². The molecule has 0 aliphatic carbocycles. The molecule has 0 spiro atoms. The van der Waals surface area contributed by atoms with Crippen molar-refractivity contribution in [2.24, 2.45) is 5.92 Å². The Balaban J connectivity index is 1.57. The maximum Gasteiger partial charge on any atom is 0.0988 e. The second-order valence-electron chi connectivity index (χ2n) is 7.46. The van der Waals surface area contributed by atoms with Crippen molar-refractivity contribution in [2.75, 3.05) is 32.8 Å². The number of fused-ring (bicyclic) bond motifs is 1. The lowest BCUT2D eigenvalue weighted by Gasteiger charge is -2.32. The number of allylic oxidation sites excluding steroid dienone is 1. The van der Waals surface area contributed by atoms with Crippen molar-refractivity contribution in [3.63, 3.8) is 0 Å². The van der Waals surface area contributed by atoms with Crippen molar-refractivity contribution in [1.29, 1.82) is 0 Å². The second-order valence-corrected chi connectivity index (χ2v) is 8.53. The molecule has 146 valence electrons. The Kier molecular flexibility index (Phi) is 6.53. The van der Waals surface area contributed by atoms with Gasteiger partial charge in [0.15, 0.2) is 0 Å². The van der Waals surface area contributed by atoms with E-state index < -0.39 is 0 Å². The Morgan fingerprint density at radius 3 is 2.57 bits per heavy atom. The predicted octanol–water partition coefficient (Wildman–Crippen LogP) is 5.15. The second kappa shape index (κ2) is 9.46. The Morgan fingerprint density at radius 2 is 1.82 bits per heavy atom. The van der Waals surface area contributed by atoms with E-state index >= 15 is 0 Å². The molecule has 1 aromatic heterocycles. The molecule has 0 N–H and O–H groups in total. The van der Waals surface area contributed by atoms with Crippen molar-refractivity contribution >= 4 is 21.6 Å². The van der Waals surface area contributed by atoms with E-state index in [4.69, 9.17) is 9.72 Å². The molecule has 1 aliphatic heterocycles. The van der Waals surface area contributed by atoms with E-state index in [2.05, 4.69) is 72.2 Å². The number of rotatable bonds is 8. The van der Waals surface area contributed by atoms with Gasteiger partial charge in [-0.2, -0.15) is 0 Å². The third-order valence-corrected chi connectivity index (χ3v) is 6.78. The molecule has 1 fully saturated rings. The monoisotopic (exact) mass is 392 g/mol. The fourth-order valence-electron chi connectivity index (χ4n) is 3.97. The average Bonchev–Trinajstić information content (AvgIpc) is 3.19. The van der Waals surface area contributed by atoms with E-state index in [1.54, 1.807) is 0 Å². The smallest absolute Gasteiger partial charge is 0.0988 e. The summed E-state index contributed by atoms with van der Waals surface area (Å²) in [6.07, 6.45) is 4.32. The molecule has 2 aromatic carbocycles. The van der Waals surface area contributed by atoms with Crippen LogP contribution in [0.15, 0.2) is 67.3 Å². The van der Waals surface area contributed by atoms with Gasteiger partial charge in [-0.3, -0.25) is 4.90 Å². The van der Waals surface area contributed by atoms with Crippen molar-refractivity contribution in [1.82, 2.24) is 9.88 Å². The molecule has 4 rings (SSSR count). The minimum Gasteiger partial charge on any atom is -0.379 e. The molecule has 3 aromatic rings. The number of para-hydroxylation sites is 1. The first-order valence-electron chi connectivity index (χ1n) is 10.2. The Bertz CT molecular complexity index is 853. The summed E-state index contributed by atoms with van der Waals surface area (Å²) in [7, 11) is 0. The lowest BCUT2D eigenvalue weighted by molar-refractivity contribution is 0.0329. The van der Waals surface area contributed by atoms with Gasteiger partial charge in [0, 0.05) is 25.6 Å². The Hall–Kier alpha value is -2.01. The van der Waals surface area contributed by atoms with Crippen LogP contribution in [-0.2, 0) is 11.2 Å². The summed E-state index contributed by atoms with van der Waals surface area (Å²) in [4.78, 5) is 7.54. The summed E-state index contributed by atoms with van der Waals surface area (Å²) in [5, 5.41) is 1.24. The summed E-state index contributed by atoms with van der Waals surface area (Å²) in [5.41, 5.74) is 2.50. The highest BCUT2D eigenvalue weighted by molar-refractivity contribution is 7.18. The summed E-state index contributed by atoms with van der Waals surface area (Å²) < 4.78 is 6.83. The zero-order chi connectivity index (χ0) is 19.2. The highest BCUT2D eigenvalue weighted by Gasteiger charge is 2.27. The fourth-order valence-corrected chi connectivity index (χ4v) is 5.10. The van der Waals surface area contributed by atoms with Gasteiger partial charge in [-0.05, 0) is 36.5 Å². The lowest BCUT2D eigenvalue weighted by atomic mass is 9.87. The molecule has 2 atom stereocenters. The average molecular weight is 393 g/mol. The topological polar surface area (TPSA) is 25.4 Å². The number of aryl methyl sites for hydroxylation is 1. The molecular formula is C24H28N2OS. The summed E-state index contributed by atoms with van der Waals surface area (Å²) in [6.45, 7) is 8.89. The van der Waals surface area contributed by atoms with Crippen LogP contribution in [0.1, 0.15) is 22.9 Å². The van der Waals surface area contributed by atoms with Crippen LogP contribution in [0.5, 0.6) is 0 Å². The van der Waals surface area contributed by atoms with Gasteiger partial charge in [0.25, 0.3) is 0 Å². The van der Waals surface area contributed by atoms with Gasteiger partial charge in [-0.15, -0.1) is 17.9 Å². The number of aromatic nitrogens is 1. The molecule has 0 saturated carbocycles. The molecule has 0 unspecified atom stereocenters. The lowest BCUT2D eigenvalue weighted by Crippen LogP contribution is -2.40. The first-order valence-corrected chi connectivity index (χ1v) is 11.0. The number of ether oxygens (including phenoxy) is 1. The SMILES string of the molecule is C=C[C@H](CCc1ccccc1)[C@H](CN1CCOCC1)c1nc2ccccc2s1. The van der Waals surface area contributed by atoms with Crippen LogP contribution in [0.2, 0.25) is 0 Å². The van der Waals surface area contributed by atoms with Gasteiger partial charge < -0.3 is 4.74 Å². The normalized spacial score (nSPS) is 17.4. The van der Waals surface area contributed by atoms with E-state index in [9.17, 15) is 0 Å². The van der Waals surface area contributed by atoms with E-state index in [0.717, 1.165) is 51.2 Å². The van der Waals surface area contributed by atoms with Crippen LogP contribution in [0.25, 0.3) is 10.2 Å². The van der Waals surface area contributed by atoms with Gasteiger partial charge in [-0.1, -0.05) is 48.5 Å². The van der Waals surface area contributed by atoms with E-state index in [1.807, 2.05) is 11.3 Å². The molecule has 28 heavy (non-hydrogen) atoms. The number of hydrogen-bond donors (Lipinski definition) is 0.